The predicted molar refractivity (Wildman–Crippen MR) is 54.7 cm³/mol. The summed E-state index contributed by atoms with van der Waals surface area (Å²) in [4.78, 5) is 12.1. The van der Waals surface area contributed by atoms with E-state index >= 15 is 0 Å². The molecule has 0 amide bonds. The molecule has 78 valence electrons. The van der Waals surface area contributed by atoms with Crippen molar-refractivity contribution >= 4 is 5.78 Å². The van der Waals surface area contributed by atoms with Gasteiger partial charge in [0.1, 0.15) is 5.78 Å². The van der Waals surface area contributed by atoms with Gasteiger partial charge in [0.25, 0.3) is 0 Å². The second-order valence-corrected chi connectivity index (χ2v) is 5.24. The van der Waals surface area contributed by atoms with E-state index in [0.717, 1.165) is 6.42 Å². The molecule has 1 N–H and O–H groups in total. The molecule has 0 saturated heterocycles. The molecule has 0 aromatic rings. The lowest BCUT2D eigenvalue weighted by Crippen LogP contribution is -2.46. The molecule has 1 unspecified atom stereocenters. The molecule has 0 heterocycles. The van der Waals surface area contributed by atoms with E-state index in [2.05, 4.69) is 12.2 Å². The minimum atomic E-state index is -0.518. The highest BCUT2D eigenvalue weighted by molar-refractivity contribution is 5.89. The minimum absolute atomic E-state index is 0.181. The van der Waals surface area contributed by atoms with Crippen LogP contribution < -0.4 is 0 Å². The zero-order chi connectivity index (χ0) is 10.5. The summed E-state index contributed by atoms with van der Waals surface area (Å²) in [6.45, 7) is 5.73. The fraction of sp³-hybridized carbons (Fsp3) is 0.750. The molecule has 2 rings (SSSR count). The van der Waals surface area contributed by atoms with Gasteiger partial charge in [0.15, 0.2) is 0 Å². The highest BCUT2D eigenvalue weighted by Crippen LogP contribution is 2.49. The quantitative estimate of drug-likeness (QED) is 0.646. The molecule has 0 aliphatic heterocycles. The first-order valence-corrected chi connectivity index (χ1v) is 5.35. The standard InChI is InChI=1S/C12H18O2/c1-7(13)10-8-4-5-9(6-8)12(2,3)11(10)14/h4-5,7-10,13H,6H2,1-3H3/t7?,8-,9+,10+/m0/s1. The number of aliphatic hydroxyl groups excluding tert-OH is 1. The monoisotopic (exact) mass is 194 g/mol. The van der Waals surface area contributed by atoms with Crippen molar-refractivity contribution in [2.75, 3.05) is 0 Å². The van der Waals surface area contributed by atoms with Crippen molar-refractivity contribution < 1.29 is 9.90 Å². The van der Waals surface area contributed by atoms with Gasteiger partial charge in [0.05, 0.1) is 12.0 Å². The van der Waals surface area contributed by atoms with Crippen LogP contribution in [0.5, 0.6) is 0 Å². The van der Waals surface area contributed by atoms with Crippen LogP contribution in [-0.4, -0.2) is 17.0 Å². The average Bonchev–Trinajstić information content (AvgIpc) is 2.49. The van der Waals surface area contributed by atoms with E-state index in [1.165, 1.54) is 0 Å². The number of fused-ring (bicyclic) bond motifs is 2. The van der Waals surface area contributed by atoms with E-state index in [9.17, 15) is 9.90 Å². The van der Waals surface area contributed by atoms with Crippen molar-refractivity contribution in [2.24, 2.45) is 23.2 Å². The number of hydrogen-bond donors (Lipinski definition) is 1. The summed E-state index contributed by atoms with van der Waals surface area (Å²) < 4.78 is 0. The van der Waals surface area contributed by atoms with Gasteiger partial charge < -0.3 is 5.11 Å². The zero-order valence-electron chi connectivity index (χ0n) is 9.03. The molecular weight excluding hydrogens is 176 g/mol. The van der Waals surface area contributed by atoms with Crippen LogP contribution in [0.3, 0.4) is 0 Å². The Morgan fingerprint density at radius 2 is 2.14 bits per heavy atom. The van der Waals surface area contributed by atoms with Gasteiger partial charge in [-0.05, 0) is 25.2 Å². The molecule has 2 nitrogen and oxygen atoms in total. The Balaban J connectivity index is 2.36. The van der Waals surface area contributed by atoms with Crippen LogP contribution in [0.4, 0.5) is 0 Å². The highest BCUT2D eigenvalue weighted by Gasteiger charge is 2.50. The number of carbonyl (C=O) groups excluding carboxylic acids is 1. The van der Waals surface area contributed by atoms with Crippen LogP contribution in [0, 0.1) is 23.2 Å². The number of carbonyl (C=O) groups is 1. The van der Waals surface area contributed by atoms with Gasteiger partial charge in [0.2, 0.25) is 0 Å². The normalized spacial score (nSPS) is 41.4. The topological polar surface area (TPSA) is 37.3 Å². The van der Waals surface area contributed by atoms with Crippen molar-refractivity contribution in [3.8, 4) is 0 Å². The molecule has 1 saturated carbocycles. The van der Waals surface area contributed by atoms with Gasteiger partial charge in [-0.15, -0.1) is 0 Å². The summed E-state index contributed by atoms with van der Waals surface area (Å²) in [5, 5.41) is 9.65. The highest BCUT2D eigenvalue weighted by atomic mass is 16.3. The third kappa shape index (κ3) is 1.17. The molecular formula is C12H18O2. The van der Waals surface area contributed by atoms with Crippen LogP contribution in [0.2, 0.25) is 0 Å². The van der Waals surface area contributed by atoms with Gasteiger partial charge in [-0.1, -0.05) is 26.0 Å². The summed E-state index contributed by atoms with van der Waals surface area (Å²) in [6.07, 6.45) is 4.80. The molecule has 0 aromatic heterocycles. The van der Waals surface area contributed by atoms with Crippen molar-refractivity contribution in [3.63, 3.8) is 0 Å². The minimum Gasteiger partial charge on any atom is -0.393 e. The van der Waals surface area contributed by atoms with Gasteiger partial charge >= 0.3 is 0 Å². The molecule has 0 aromatic carbocycles. The van der Waals surface area contributed by atoms with E-state index in [-0.39, 0.29) is 23.0 Å². The fourth-order valence-electron chi connectivity index (χ4n) is 2.91. The SMILES string of the molecule is CC(O)[C@H]1C(=O)C(C)(C)[C@@H]2C=C[C@H]1C2. The molecule has 14 heavy (non-hydrogen) atoms. The Labute approximate surface area is 85.0 Å². The van der Waals surface area contributed by atoms with Gasteiger partial charge in [-0.3, -0.25) is 4.79 Å². The third-order valence-corrected chi connectivity index (χ3v) is 3.96. The molecule has 2 bridgehead atoms. The second kappa shape index (κ2) is 2.93. The Morgan fingerprint density at radius 3 is 2.71 bits per heavy atom. The van der Waals surface area contributed by atoms with Crippen LogP contribution in [0.25, 0.3) is 0 Å². The van der Waals surface area contributed by atoms with E-state index in [1.807, 2.05) is 13.8 Å². The first kappa shape index (κ1) is 9.91. The molecule has 2 heteroatoms. The maximum absolute atomic E-state index is 12.1. The molecule has 0 radical (unpaired) electrons. The Morgan fingerprint density at radius 1 is 1.50 bits per heavy atom. The van der Waals surface area contributed by atoms with E-state index < -0.39 is 6.10 Å². The van der Waals surface area contributed by atoms with Crippen molar-refractivity contribution in [1.82, 2.24) is 0 Å². The maximum Gasteiger partial charge on any atom is 0.145 e. The summed E-state index contributed by atoms with van der Waals surface area (Å²) >= 11 is 0. The number of aliphatic hydroxyl groups is 1. The van der Waals surface area contributed by atoms with E-state index in [0.29, 0.717) is 5.92 Å². The summed E-state index contributed by atoms with van der Waals surface area (Å²) in [7, 11) is 0. The lowest BCUT2D eigenvalue weighted by Gasteiger charge is -2.40. The smallest absolute Gasteiger partial charge is 0.145 e. The predicted octanol–water partition coefficient (Wildman–Crippen LogP) is 1.78. The van der Waals surface area contributed by atoms with Crippen LogP contribution in [0.15, 0.2) is 12.2 Å². The maximum atomic E-state index is 12.1. The number of Topliss-reactive ketones (excluding diaryl/α,β-unsaturated/α-hetero) is 1. The first-order valence-electron chi connectivity index (χ1n) is 5.35. The van der Waals surface area contributed by atoms with Crippen LogP contribution in [0.1, 0.15) is 27.2 Å². The first-order chi connectivity index (χ1) is 6.44. The van der Waals surface area contributed by atoms with Gasteiger partial charge in [-0.25, -0.2) is 0 Å². The third-order valence-electron chi connectivity index (χ3n) is 3.96. The Bertz CT molecular complexity index is 289. The summed E-state index contributed by atoms with van der Waals surface area (Å²) in [6, 6.07) is 0. The summed E-state index contributed by atoms with van der Waals surface area (Å²) in [5.41, 5.74) is -0.287. The van der Waals surface area contributed by atoms with Crippen molar-refractivity contribution in [3.05, 3.63) is 12.2 Å². The molecule has 4 atom stereocenters. The Hall–Kier alpha value is -0.630. The van der Waals surface area contributed by atoms with Crippen LogP contribution >= 0.6 is 0 Å². The molecule has 2 aliphatic rings. The molecule has 0 spiro atoms. The van der Waals surface area contributed by atoms with Gasteiger partial charge in [0, 0.05) is 5.41 Å². The number of hydrogen-bond acceptors (Lipinski definition) is 2. The zero-order valence-corrected chi connectivity index (χ0v) is 9.03. The largest absolute Gasteiger partial charge is 0.393 e. The lowest BCUT2D eigenvalue weighted by molar-refractivity contribution is -0.142. The average molecular weight is 194 g/mol. The van der Waals surface area contributed by atoms with Crippen LogP contribution in [-0.2, 0) is 4.79 Å². The summed E-state index contributed by atoms with van der Waals surface area (Å²) in [5.74, 6) is 0.717. The molecule has 2 aliphatic carbocycles. The van der Waals surface area contributed by atoms with Gasteiger partial charge in [-0.2, -0.15) is 0 Å². The fourth-order valence-corrected chi connectivity index (χ4v) is 2.91. The molecule has 1 fully saturated rings. The number of allylic oxidation sites excluding steroid dienone is 2. The van der Waals surface area contributed by atoms with E-state index in [4.69, 9.17) is 0 Å². The van der Waals surface area contributed by atoms with Crippen molar-refractivity contribution in [1.29, 1.82) is 0 Å². The lowest BCUT2D eigenvalue weighted by atomic mass is 9.62. The Kier molecular flexibility index (Phi) is 2.07. The van der Waals surface area contributed by atoms with Crippen molar-refractivity contribution in [2.45, 2.75) is 33.3 Å². The number of ketones is 1. The number of rotatable bonds is 1. The van der Waals surface area contributed by atoms with E-state index in [1.54, 1.807) is 6.92 Å². The second-order valence-electron chi connectivity index (χ2n) is 5.24.